The Balaban J connectivity index is 2.10. The van der Waals surface area contributed by atoms with Crippen molar-refractivity contribution in [3.63, 3.8) is 0 Å². The molecule has 1 amide bonds. The molecule has 1 atom stereocenters. The Kier molecular flexibility index (Phi) is 6.89. The van der Waals surface area contributed by atoms with Crippen molar-refractivity contribution in [2.24, 2.45) is 0 Å². The van der Waals surface area contributed by atoms with E-state index in [1.54, 1.807) is 6.92 Å². The van der Waals surface area contributed by atoms with Crippen molar-refractivity contribution in [3.8, 4) is 18.1 Å². The number of alkyl halides is 3. The van der Waals surface area contributed by atoms with Crippen molar-refractivity contribution in [1.29, 1.82) is 0 Å². The van der Waals surface area contributed by atoms with Gasteiger partial charge in [-0.3, -0.25) is 4.79 Å². The predicted molar refractivity (Wildman–Crippen MR) is 99.5 cm³/mol. The van der Waals surface area contributed by atoms with E-state index in [2.05, 4.69) is 20.7 Å². The predicted octanol–water partition coefficient (Wildman–Crippen LogP) is 2.99. The molecule has 2 N–H and O–H groups in total. The number of hydrogen-bond acceptors (Lipinski definition) is 4. The first-order valence-electron chi connectivity index (χ1n) is 8.21. The molecule has 0 aliphatic carbocycles. The molecule has 0 aliphatic heterocycles. The maximum atomic E-state index is 12.4. The van der Waals surface area contributed by atoms with Gasteiger partial charge < -0.3 is 10.1 Å². The van der Waals surface area contributed by atoms with Crippen LogP contribution in [-0.4, -0.2) is 27.2 Å². The van der Waals surface area contributed by atoms with Gasteiger partial charge in [0.1, 0.15) is 5.75 Å². The Morgan fingerprint density at radius 1 is 1.21 bits per heavy atom. The number of rotatable bonds is 7. The topological polar surface area (TPSA) is 84.5 Å². The van der Waals surface area contributed by atoms with Gasteiger partial charge in [0.2, 0.25) is 10.0 Å². The molecule has 0 saturated carbocycles. The van der Waals surface area contributed by atoms with E-state index >= 15 is 0 Å². The maximum Gasteiger partial charge on any atom is 0.573 e. The highest BCUT2D eigenvalue weighted by molar-refractivity contribution is 7.89. The third kappa shape index (κ3) is 6.51. The van der Waals surface area contributed by atoms with E-state index < -0.39 is 28.3 Å². The summed E-state index contributed by atoms with van der Waals surface area (Å²) < 4.78 is 66.8. The van der Waals surface area contributed by atoms with Crippen LogP contribution in [0.1, 0.15) is 28.9 Å². The molecule has 2 aromatic carbocycles. The fraction of sp³-hybridized carbons (Fsp3) is 0.211. The van der Waals surface area contributed by atoms with Crippen LogP contribution < -0.4 is 14.8 Å². The average Bonchev–Trinajstić information content (AvgIpc) is 2.65. The molecule has 0 aromatic heterocycles. The standard InChI is InChI=1S/C19H17F3N2O4S/c1-3-11-23-29(26,27)17-6-4-5-15(12-17)18(25)24-13(2)14-7-9-16(10-8-14)28-19(20,21)22/h1,4-10,12-13,23H,11H2,2H3,(H,24,25). The van der Waals surface area contributed by atoms with E-state index in [1.807, 2.05) is 0 Å². The molecule has 2 rings (SSSR count). The van der Waals surface area contributed by atoms with Gasteiger partial charge in [0.05, 0.1) is 17.5 Å². The van der Waals surface area contributed by atoms with Crippen LogP contribution in [0.15, 0.2) is 53.4 Å². The van der Waals surface area contributed by atoms with Gasteiger partial charge in [0.25, 0.3) is 5.91 Å². The van der Waals surface area contributed by atoms with Gasteiger partial charge in [-0.05, 0) is 42.8 Å². The fourth-order valence-electron chi connectivity index (χ4n) is 2.35. The third-order valence-electron chi connectivity index (χ3n) is 3.73. The van der Waals surface area contributed by atoms with Crippen molar-refractivity contribution >= 4 is 15.9 Å². The largest absolute Gasteiger partial charge is 0.573 e. The van der Waals surface area contributed by atoms with Crippen LogP contribution in [-0.2, 0) is 10.0 Å². The first-order valence-corrected chi connectivity index (χ1v) is 9.70. The summed E-state index contributed by atoms with van der Waals surface area (Å²) in [5, 5.41) is 2.65. The second kappa shape index (κ2) is 8.98. The lowest BCUT2D eigenvalue weighted by Crippen LogP contribution is -2.27. The highest BCUT2D eigenvalue weighted by atomic mass is 32.2. The van der Waals surface area contributed by atoms with Gasteiger partial charge >= 0.3 is 6.36 Å². The molecule has 0 saturated heterocycles. The van der Waals surface area contributed by atoms with Crippen LogP contribution in [0.3, 0.4) is 0 Å². The van der Waals surface area contributed by atoms with Crippen LogP contribution in [0.5, 0.6) is 5.75 Å². The van der Waals surface area contributed by atoms with Crippen LogP contribution >= 0.6 is 0 Å². The SMILES string of the molecule is C#CCNS(=O)(=O)c1cccc(C(=O)NC(C)c2ccc(OC(F)(F)F)cc2)c1. The summed E-state index contributed by atoms with van der Waals surface area (Å²) in [6, 6.07) is 9.84. The van der Waals surface area contributed by atoms with Gasteiger partial charge in [-0.1, -0.05) is 24.1 Å². The molecule has 29 heavy (non-hydrogen) atoms. The first-order chi connectivity index (χ1) is 13.5. The van der Waals surface area contributed by atoms with Crippen molar-refractivity contribution in [2.45, 2.75) is 24.2 Å². The quantitative estimate of drug-likeness (QED) is 0.667. The Bertz CT molecular complexity index is 1010. The normalized spacial score (nSPS) is 12.7. The molecule has 10 heteroatoms. The molecular formula is C19H17F3N2O4S. The second-order valence-electron chi connectivity index (χ2n) is 5.87. The van der Waals surface area contributed by atoms with Gasteiger partial charge in [0, 0.05) is 5.56 Å². The zero-order valence-corrected chi connectivity index (χ0v) is 16.0. The van der Waals surface area contributed by atoms with Crippen molar-refractivity contribution in [2.75, 3.05) is 6.54 Å². The van der Waals surface area contributed by atoms with E-state index in [0.29, 0.717) is 5.56 Å². The summed E-state index contributed by atoms with van der Waals surface area (Å²) in [5.74, 6) is 1.22. The molecule has 0 bridgehead atoms. The first kappa shape index (κ1) is 22.3. The zero-order chi connectivity index (χ0) is 21.7. The average molecular weight is 426 g/mol. The maximum absolute atomic E-state index is 12.4. The van der Waals surface area contributed by atoms with E-state index in [9.17, 15) is 26.4 Å². The number of ether oxygens (including phenoxy) is 1. The van der Waals surface area contributed by atoms with Crippen molar-refractivity contribution in [3.05, 3.63) is 59.7 Å². The van der Waals surface area contributed by atoms with E-state index in [-0.39, 0.29) is 22.8 Å². The Hall–Kier alpha value is -3.03. The summed E-state index contributed by atoms with van der Waals surface area (Å²) in [7, 11) is -3.86. The summed E-state index contributed by atoms with van der Waals surface area (Å²) >= 11 is 0. The fourth-order valence-corrected chi connectivity index (χ4v) is 3.33. The molecule has 0 radical (unpaired) electrons. The summed E-state index contributed by atoms with van der Waals surface area (Å²) in [6.07, 6.45) is 0.247. The summed E-state index contributed by atoms with van der Waals surface area (Å²) in [6.45, 7) is 1.44. The number of halogens is 3. The smallest absolute Gasteiger partial charge is 0.406 e. The number of benzene rings is 2. The molecular weight excluding hydrogens is 409 g/mol. The van der Waals surface area contributed by atoms with E-state index in [4.69, 9.17) is 6.42 Å². The van der Waals surface area contributed by atoms with Crippen LogP contribution in [0, 0.1) is 12.3 Å². The molecule has 0 aliphatic rings. The second-order valence-corrected chi connectivity index (χ2v) is 7.64. The van der Waals surface area contributed by atoms with Gasteiger partial charge in [-0.25, -0.2) is 8.42 Å². The van der Waals surface area contributed by atoms with Crippen molar-refractivity contribution in [1.82, 2.24) is 10.0 Å². The number of amides is 1. The van der Waals surface area contributed by atoms with Gasteiger partial charge in [0.15, 0.2) is 0 Å². The lowest BCUT2D eigenvalue weighted by Gasteiger charge is -2.16. The molecule has 6 nitrogen and oxygen atoms in total. The minimum atomic E-state index is -4.79. The number of terminal acetylenes is 1. The molecule has 154 valence electrons. The number of sulfonamides is 1. The third-order valence-corrected chi connectivity index (χ3v) is 5.13. The Morgan fingerprint density at radius 2 is 1.86 bits per heavy atom. The lowest BCUT2D eigenvalue weighted by molar-refractivity contribution is -0.274. The number of hydrogen-bond donors (Lipinski definition) is 2. The van der Waals surface area contributed by atoms with E-state index in [0.717, 1.165) is 12.1 Å². The number of carbonyl (C=O) groups excluding carboxylic acids is 1. The number of carbonyl (C=O) groups is 1. The molecule has 0 heterocycles. The zero-order valence-electron chi connectivity index (χ0n) is 15.2. The highest BCUT2D eigenvalue weighted by Crippen LogP contribution is 2.24. The van der Waals surface area contributed by atoms with Gasteiger partial charge in [-0.15, -0.1) is 19.6 Å². The lowest BCUT2D eigenvalue weighted by atomic mass is 10.1. The Morgan fingerprint density at radius 3 is 2.45 bits per heavy atom. The van der Waals surface area contributed by atoms with Crippen LogP contribution in [0.4, 0.5) is 13.2 Å². The summed E-state index contributed by atoms with van der Waals surface area (Å²) in [4.78, 5) is 12.3. The minimum Gasteiger partial charge on any atom is -0.406 e. The minimum absolute atomic E-state index is 0.0949. The molecule has 2 aromatic rings. The van der Waals surface area contributed by atoms with Gasteiger partial charge in [-0.2, -0.15) is 4.72 Å². The van der Waals surface area contributed by atoms with Crippen LogP contribution in [0.2, 0.25) is 0 Å². The van der Waals surface area contributed by atoms with E-state index in [1.165, 1.54) is 36.4 Å². The summed E-state index contributed by atoms with van der Waals surface area (Å²) in [5.41, 5.74) is 0.629. The Labute approximate surface area is 166 Å². The molecule has 1 unspecified atom stereocenters. The highest BCUT2D eigenvalue weighted by Gasteiger charge is 2.31. The number of nitrogens with one attached hydrogen (secondary N) is 2. The van der Waals surface area contributed by atoms with Crippen LogP contribution in [0.25, 0.3) is 0 Å². The van der Waals surface area contributed by atoms with Crippen molar-refractivity contribution < 1.29 is 31.1 Å². The molecule has 0 fully saturated rings. The monoisotopic (exact) mass is 426 g/mol. The molecule has 0 spiro atoms.